The highest BCUT2D eigenvalue weighted by molar-refractivity contribution is 6.46. The lowest BCUT2D eigenvalue weighted by atomic mass is 9.93. The number of aliphatic hydroxyl groups is 1. The minimum absolute atomic E-state index is 0.112. The van der Waals surface area contributed by atoms with Crippen molar-refractivity contribution in [1.82, 2.24) is 9.80 Å². The summed E-state index contributed by atoms with van der Waals surface area (Å²) in [4.78, 5) is 29.5. The van der Waals surface area contributed by atoms with E-state index in [0.717, 1.165) is 16.7 Å². The zero-order chi connectivity index (χ0) is 23.4. The molecule has 32 heavy (non-hydrogen) atoms. The number of carbonyl (C=O) groups is 2. The van der Waals surface area contributed by atoms with Crippen molar-refractivity contribution in [3.8, 4) is 5.75 Å². The quantitative estimate of drug-likeness (QED) is 0.296. The lowest BCUT2D eigenvalue weighted by Crippen LogP contribution is -2.35. The number of likely N-dealkylation sites (N-methyl/N-ethyl adjacent to an activating group) is 1. The third-order valence-corrected chi connectivity index (χ3v) is 5.54. The molecule has 1 aliphatic heterocycles. The van der Waals surface area contributed by atoms with E-state index in [4.69, 9.17) is 4.74 Å². The molecular formula is C26H30N2O4. The van der Waals surface area contributed by atoms with Crippen LogP contribution in [0.25, 0.3) is 5.76 Å². The van der Waals surface area contributed by atoms with Crippen molar-refractivity contribution in [2.75, 3.05) is 33.8 Å². The number of aryl methyl sites for hydroxylation is 2. The van der Waals surface area contributed by atoms with Crippen LogP contribution in [0.2, 0.25) is 0 Å². The van der Waals surface area contributed by atoms with Gasteiger partial charge in [0.1, 0.15) is 18.1 Å². The van der Waals surface area contributed by atoms with Gasteiger partial charge in [0, 0.05) is 18.7 Å². The Morgan fingerprint density at radius 3 is 2.44 bits per heavy atom. The molecule has 2 aromatic carbocycles. The number of likely N-dealkylation sites (tertiary alicyclic amines) is 1. The van der Waals surface area contributed by atoms with Gasteiger partial charge in [-0.25, -0.2) is 0 Å². The number of hydrogen-bond acceptors (Lipinski definition) is 5. The van der Waals surface area contributed by atoms with Crippen molar-refractivity contribution in [3.63, 3.8) is 0 Å². The number of nitrogens with zero attached hydrogens (tertiary/aromatic N) is 2. The fraction of sp³-hybridized carbons (Fsp3) is 0.308. The predicted molar refractivity (Wildman–Crippen MR) is 126 cm³/mol. The number of aliphatic hydroxyl groups excluding tert-OH is 1. The summed E-state index contributed by atoms with van der Waals surface area (Å²) in [5.74, 6) is -0.796. The molecule has 1 aliphatic rings. The number of benzene rings is 2. The topological polar surface area (TPSA) is 70.1 Å². The van der Waals surface area contributed by atoms with Crippen molar-refractivity contribution in [2.24, 2.45) is 0 Å². The molecule has 6 heteroatoms. The molecule has 3 rings (SSSR count). The molecule has 0 bridgehead atoms. The molecule has 1 unspecified atom stereocenters. The summed E-state index contributed by atoms with van der Waals surface area (Å²) in [6.45, 7) is 8.79. The summed E-state index contributed by atoms with van der Waals surface area (Å²) in [5.41, 5.74) is 3.22. The highest BCUT2D eigenvalue weighted by atomic mass is 16.5. The maximum absolute atomic E-state index is 13.1. The number of rotatable bonds is 8. The molecule has 6 nitrogen and oxygen atoms in total. The molecule has 1 saturated heterocycles. The summed E-state index contributed by atoms with van der Waals surface area (Å²) < 4.78 is 5.56. The number of Topliss-reactive ketones (excluding diaryl/α,β-unsaturated/α-hetero) is 1. The smallest absolute Gasteiger partial charge is 0.295 e. The Bertz CT molecular complexity index is 1050. The van der Waals surface area contributed by atoms with E-state index in [2.05, 4.69) is 6.58 Å². The van der Waals surface area contributed by atoms with E-state index in [0.29, 0.717) is 31.0 Å². The molecule has 0 aliphatic carbocycles. The predicted octanol–water partition coefficient (Wildman–Crippen LogP) is 3.85. The van der Waals surface area contributed by atoms with Crippen molar-refractivity contribution in [1.29, 1.82) is 0 Å². The van der Waals surface area contributed by atoms with Gasteiger partial charge in [-0.1, -0.05) is 42.5 Å². The Kier molecular flexibility index (Phi) is 7.15. The molecule has 0 aromatic heterocycles. The standard InChI is InChI=1S/C26H30N2O4/c1-6-15-32-20-11-12-21(18(3)16-20)24(29)22-23(19-9-7-17(2)8-10-19)28(14-13-27(4)5)26(31)25(22)30/h6-12,16,23,29H,1,13-15H2,2-5H3/b24-22+. The highest BCUT2D eigenvalue weighted by Crippen LogP contribution is 2.40. The van der Waals surface area contributed by atoms with E-state index >= 15 is 0 Å². The molecule has 2 aromatic rings. The molecule has 0 spiro atoms. The van der Waals surface area contributed by atoms with Crippen LogP contribution >= 0.6 is 0 Å². The van der Waals surface area contributed by atoms with Crippen LogP contribution in [-0.4, -0.2) is 60.4 Å². The zero-order valence-electron chi connectivity index (χ0n) is 19.1. The normalized spacial score (nSPS) is 17.8. The van der Waals surface area contributed by atoms with Crippen LogP contribution in [0.5, 0.6) is 5.75 Å². The third kappa shape index (κ3) is 4.75. The number of carbonyl (C=O) groups excluding carboxylic acids is 2. The van der Waals surface area contributed by atoms with E-state index < -0.39 is 17.7 Å². The minimum atomic E-state index is -0.668. The SMILES string of the molecule is C=CCOc1ccc(/C(O)=C2\C(=O)C(=O)N(CCN(C)C)C2c2ccc(C)cc2)c(C)c1. The molecule has 1 atom stereocenters. The van der Waals surface area contributed by atoms with Crippen molar-refractivity contribution in [3.05, 3.63) is 82.9 Å². The largest absolute Gasteiger partial charge is 0.507 e. The lowest BCUT2D eigenvalue weighted by molar-refractivity contribution is -0.140. The van der Waals surface area contributed by atoms with Gasteiger partial charge in [-0.3, -0.25) is 9.59 Å². The van der Waals surface area contributed by atoms with E-state index in [-0.39, 0.29) is 11.3 Å². The fourth-order valence-electron chi connectivity index (χ4n) is 3.81. The first-order chi connectivity index (χ1) is 15.2. The summed E-state index contributed by atoms with van der Waals surface area (Å²) in [6, 6.07) is 12.3. The monoisotopic (exact) mass is 434 g/mol. The molecule has 1 heterocycles. The molecule has 1 amide bonds. The van der Waals surface area contributed by atoms with Gasteiger partial charge >= 0.3 is 0 Å². The van der Waals surface area contributed by atoms with E-state index in [1.165, 1.54) is 0 Å². The molecule has 168 valence electrons. The van der Waals surface area contributed by atoms with E-state index in [9.17, 15) is 14.7 Å². The molecule has 1 N–H and O–H groups in total. The Morgan fingerprint density at radius 2 is 1.84 bits per heavy atom. The zero-order valence-corrected chi connectivity index (χ0v) is 19.1. The van der Waals surface area contributed by atoms with Crippen LogP contribution in [-0.2, 0) is 9.59 Å². The van der Waals surface area contributed by atoms with Gasteiger partial charge in [-0.15, -0.1) is 0 Å². The maximum Gasteiger partial charge on any atom is 0.295 e. The summed E-state index contributed by atoms with van der Waals surface area (Å²) in [7, 11) is 3.83. The fourth-order valence-corrected chi connectivity index (χ4v) is 3.81. The Hall–Kier alpha value is -3.38. The van der Waals surface area contributed by atoms with Gasteiger partial charge in [0.05, 0.1) is 11.6 Å². The van der Waals surface area contributed by atoms with Crippen molar-refractivity contribution in [2.45, 2.75) is 19.9 Å². The van der Waals surface area contributed by atoms with Crippen LogP contribution in [0.4, 0.5) is 0 Å². The molecule has 1 fully saturated rings. The summed E-state index contributed by atoms with van der Waals surface area (Å²) >= 11 is 0. The van der Waals surface area contributed by atoms with Gasteiger partial charge in [0.15, 0.2) is 0 Å². The van der Waals surface area contributed by atoms with Gasteiger partial charge in [-0.2, -0.15) is 0 Å². The van der Waals surface area contributed by atoms with Gasteiger partial charge in [0.25, 0.3) is 11.7 Å². The molecule has 0 radical (unpaired) electrons. The number of hydrogen-bond donors (Lipinski definition) is 1. The van der Waals surface area contributed by atoms with Crippen LogP contribution < -0.4 is 4.74 Å². The Morgan fingerprint density at radius 1 is 1.16 bits per heavy atom. The average Bonchev–Trinajstić information content (AvgIpc) is 3.01. The Labute approximate surface area is 189 Å². The van der Waals surface area contributed by atoms with Crippen LogP contribution in [0, 0.1) is 13.8 Å². The second-order valence-corrected chi connectivity index (χ2v) is 8.28. The number of ketones is 1. The highest BCUT2D eigenvalue weighted by Gasteiger charge is 2.46. The van der Waals surface area contributed by atoms with Crippen LogP contribution in [0.15, 0.2) is 60.7 Å². The summed E-state index contributed by atoms with van der Waals surface area (Å²) in [6.07, 6.45) is 1.65. The van der Waals surface area contributed by atoms with Crippen LogP contribution in [0.3, 0.4) is 0 Å². The average molecular weight is 435 g/mol. The van der Waals surface area contributed by atoms with Gasteiger partial charge in [0.2, 0.25) is 0 Å². The second-order valence-electron chi connectivity index (χ2n) is 8.28. The maximum atomic E-state index is 13.1. The summed E-state index contributed by atoms with van der Waals surface area (Å²) in [5, 5.41) is 11.3. The van der Waals surface area contributed by atoms with Gasteiger partial charge in [-0.05, 0) is 57.3 Å². The van der Waals surface area contributed by atoms with E-state index in [1.807, 2.05) is 57.1 Å². The minimum Gasteiger partial charge on any atom is -0.507 e. The first-order valence-electron chi connectivity index (χ1n) is 10.6. The lowest BCUT2D eigenvalue weighted by Gasteiger charge is -2.26. The Balaban J connectivity index is 2.11. The molecular weight excluding hydrogens is 404 g/mol. The number of amides is 1. The second kappa shape index (κ2) is 9.83. The first kappa shape index (κ1) is 23.3. The van der Waals surface area contributed by atoms with Crippen LogP contribution in [0.1, 0.15) is 28.3 Å². The van der Waals surface area contributed by atoms with Crippen molar-refractivity contribution < 1.29 is 19.4 Å². The number of ether oxygens (including phenoxy) is 1. The molecule has 0 saturated carbocycles. The van der Waals surface area contributed by atoms with Crippen molar-refractivity contribution >= 4 is 17.4 Å². The van der Waals surface area contributed by atoms with Gasteiger partial charge < -0.3 is 19.6 Å². The first-order valence-corrected chi connectivity index (χ1v) is 10.6. The third-order valence-electron chi connectivity index (χ3n) is 5.54. The van der Waals surface area contributed by atoms with E-state index in [1.54, 1.807) is 29.2 Å².